The summed E-state index contributed by atoms with van der Waals surface area (Å²) in [6.07, 6.45) is 4.82. The number of Topliss-reactive ketones (excluding diaryl/α,β-unsaturated/α-hetero) is 2. The van der Waals surface area contributed by atoms with Gasteiger partial charge in [0.25, 0.3) is 5.91 Å². The summed E-state index contributed by atoms with van der Waals surface area (Å²) in [6, 6.07) is 2.27. The molecular formula is C38H51N3O9S. The Morgan fingerprint density at radius 1 is 1.02 bits per heavy atom. The van der Waals surface area contributed by atoms with Gasteiger partial charge in [0.15, 0.2) is 11.4 Å². The third-order valence-electron chi connectivity index (χ3n) is 11.9. The van der Waals surface area contributed by atoms with E-state index in [2.05, 4.69) is 0 Å². The molecule has 5 aliphatic rings. The number of phenolic OH excluding ortho intramolecular Hbond substituents is 1. The first-order valence-corrected chi connectivity index (χ1v) is 19.0. The monoisotopic (exact) mass is 725 g/mol. The lowest BCUT2D eigenvalue weighted by Gasteiger charge is -2.55. The van der Waals surface area contributed by atoms with Gasteiger partial charge in [-0.15, -0.1) is 0 Å². The van der Waals surface area contributed by atoms with Gasteiger partial charge in [0.05, 0.1) is 23.4 Å². The molecule has 6 atom stereocenters. The van der Waals surface area contributed by atoms with Crippen LogP contribution >= 0.6 is 11.8 Å². The van der Waals surface area contributed by atoms with Crippen LogP contribution < -0.4 is 5.73 Å². The molecule has 0 bridgehead atoms. The zero-order valence-corrected chi connectivity index (χ0v) is 31.1. The number of amides is 1. The Labute approximate surface area is 303 Å². The molecule has 13 heteroatoms. The second-order valence-corrected chi connectivity index (χ2v) is 17.5. The number of phenols is 1. The van der Waals surface area contributed by atoms with Crippen LogP contribution in [0.15, 0.2) is 29.0 Å². The number of rotatable bonds is 10. The van der Waals surface area contributed by atoms with Crippen molar-refractivity contribution in [3.8, 4) is 5.75 Å². The fraction of sp³-hybridized carbons (Fsp3) is 0.632. The first kappa shape index (κ1) is 37.4. The van der Waals surface area contributed by atoms with Crippen LogP contribution in [0.1, 0.15) is 81.4 Å². The van der Waals surface area contributed by atoms with E-state index in [9.17, 15) is 39.6 Å². The Morgan fingerprint density at radius 3 is 2.22 bits per heavy atom. The Bertz CT molecular complexity index is 1710. The van der Waals surface area contributed by atoms with Crippen molar-refractivity contribution < 1.29 is 44.3 Å². The summed E-state index contributed by atoms with van der Waals surface area (Å²) in [5.41, 5.74) is 1.86. The van der Waals surface area contributed by atoms with E-state index in [0.717, 1.165) is 32.1 Å². The van der Waals surface area contributed by atoms with Gasteiger partial charge in [-0.05, 0) is 59.4 Å². The average molecular weight is 726 g/mol. The lowest BCUT2D eigenvalue weighted by molar-refractivity contribution is -0.189. The summed E-state index contributed by atoms with van der Waals surface area (Å²) in [6.45, 7) is 4.47. The third kappa shape index (κ3) is 5.97. The Morgan fingerprint density at radius 2 is 1.67 bits per heavy atom. The van der Waals surface area contributed by atoms with Crippen LogP contribution in [0.2, 0.25) is 0 Å². The maximum atomic E-state index is 15.0. The number of nitrogens with two attached hydrogens (primary N) is 1. The summed E-state index contributed by atoms with van der Waals surface area (Å²) < 4.78 is 6.34. The van der Waals surface area contributed by atoms with Crippen LogP contribution in [-0.4, -0.2) is 117 Å². The van der Waals surface area contributed by atoms with E-state index in [1.165, 1.54) is 19.0 Å². The number of carbonyl (C=O) groups is 4. The van der Waals surface area contributed by atoms with Gasteiger partial charge in [-0.2, -0.15) is 11.8 Å². The lowest BCUT2D eigenvalue weighted by atomic mass is 9.54. The van der Waals surface area contributed by atoms with Crippen molar-refractivity contribution in [3.05, 3.63) is 45.7 Å². The second kappa shape index (κ2) is 13.5. The van der Waals surface area contributed by atoms with E-state index in [0.29, 0.717) is 41.5 Å². The fourth-order valence-electron chi connectivity index (χ4n) is 9.34. The number of hydrogen-bond acceptors (Lipinski definition) is 12. The van der Waals surface area contributed by atoms with Crippen molar-refractivity contribution in [2.45, 2.75) is 93.1 Å². The Hall–Kier alpha value is -3.39. The maximum absolute atomic E-state index is 15.0. The van der Waals surface area contributed by atoms with Crippen molar-refractivity contribution >= 4 is 41.0 Å². The number of aliphatic hydroxyl groups excluding tert-OH is 2. The number of benzene rings is 1. The number of aromatic hydroxyl groups is 1. The molecule has 0 heterocycles. The number of ketones is 2. The standard InChI is InChI=1S/C38H51N3O9S/c1-37(2,17-40(3)4)22-15-14-20-21(16-51-19-12-7-8-13-19)23-25(30(43)24(20)29(22)42)33(45)38(49)27(32(23)50-36(48)18-10-9-11-18)28(41(5)6)31(44)26(34(38)46)35(39)47/h14-15,18-19,21,23,27-28,32,42-43,46,49H,7-13,16-17H2,1-6H3,(H2,39,47)/t21-,23+,27+,28-,32-,38-/m0/s1. The van der Waals surface area contributed by atoms with Gasteiger partial charge in [0.1, 0.15) is 28.9 Å². The molecule has 3 fully saturated rings. The van der Waals surface area contributed by atoms with Crippen LogP contribution in [0.5, 0.6) is 5.75 Å². The minimum Gasteiger partial charge on any atom is -0.508 e. The van der Waals surface area contributed by atoms with Crippen molar-refractivity contribution in [2.75, 3.05) is 40.5 Å². The van der Waals surface area contributed by atoms with E-state index in [1.54, 1.807) is 11.8 Å². The van der Waals surface area contributed by atoms with Crippen molar-refractivity contribution in [1.82, 2.24) is 9.80 Å². The highest BCUT2D eigenvalue weighted by molar-refractivity contribution is 7.99. The van der Waals surface area contributed by atoms with Crippen molar-refractivity contribution in [2.24, 2.45) is 23.5 Å². The number of fused-ring (bicyclic) bond motifs is 3. The highest BCUT2D eigenvalue weighted by atomic mass is 32.2. The first-order chi connectivity index (χ1) is 23.9. The normalized spacial score (nSPS) is 30.0. The van der Waals surface area contributed by atoms with E-state index in [4.69, 9.17) is 10.5 Å². The van der Waals surface area contributed by atoms with Crippen LogP contribution in [0.4, 0.5) is 0 Å². The summed E-state index contributed by atoms with van der Waals surface area (Å²) in [5.74, 6) is -9.25. The molecule has 6 rings (SSSR count). The smallest absolute Gasteiger partial charge is 0.309 e. The maximum Gasteiger partial charge on any atom is 0.309 e. The number of hydrogen-bond donors (Lipinski definition) is 5. The van der Waals surface area contributed by atoms with Crippen molar-refractivity contribution in [3.63, 3.8) is 0 Å². The van der Waals surface area contributed by atoms with Gasteiger partial charge in [-0.3, -0.25) is 24.1 Å². The van der Waals surface area contributed by atoms with E-state index in [-0.39, 0.29) is 16.9 Å². The number of likely N-dealkylation sites (N-methyl/N-ethyl adjacent to an activating group) is 2. The number of thioether (sulfide) groups is 1. The van der Waals surface area contributed by atoms with E-state index in [1.807, 2.05) is 45.0 Å². The minimum absolute atomic E-state index is 0.0386. The average Bonchev–Trinajstić information content (AvgIpc) is 3.52. The SMILES string of the molecule is CN(C)CC(C)(C)c1ccc2c(c1O)C(O)=C1C(=O)[C@]3(O)C(O)=C(C(N)=O)C(=O)[C@@H](N(C)C)[C@@H]3[C@@H](OC(=O)C3CCC3)[C@@H]1[C@H]2CSC1CCCC1. The van der Waals surface area contributed by atoms with Gasteiger partial charge in [-0.25, -0.2) is 0 Å². The molecule has 6 N–H and O–H groups in total. The fourth-order valence-corrected chi connectivity index (χ4v) is 10.9. The molecule has 0 saturated heterocycles. The molecule has 0 aromatic heterocycles. The molecule has 0 unspecified atom stereocenters. The minimum atomic E-state index is -2.98. The molecule has 51 heavy (non-hydrogen) atoms. The molecule has 3 saturated carbocycles. The van der Waals surface area contributed by atoms with Gasteiger partial charge < -0.3 is 35.8 Å². The quantitative estimate of drug-likeness (QED) is 0.175. The molecule has 1 aromatic rings. The molecule has 0 aliphatic heterocycles. The Balaban J connectivity index is 1.63. The van der Waals surface area contributed by atoms with Gasteiger partial charge >= 0.3 is 5.97 Å². The second-order valence-electron chi connectivity index (χ2n) is 16.2. The van der Waals surface area contributed by atoms with Crippen LogP contribution in [-0.2, 0) is 29.3 Å². The topological polar surface area (TPSA) is 191 Å². The molecule has 1 amide bonds. The van der Waals surface area contributed by atoms with Crippen molar-refractivity contribution in [1.29, 1.82) is 0 Å². The molecule has 0 radical (unpaired) electrons. The number of aliphatic hydroxyl groups is 3. The largest absolute Gasteiger partial charge is 0.508 e. The number of ether oxygens (including phenoxy) is 1. The summed E-state index contributed by atoms with van der Waals surface area (Å²) in [4.78, 5) is 58.8. The zero-order chi connectivity index (χ0) is 37.3. The molecular weight excluding hydrogens is 674 g/mol. The summed E-state index contributed by atoms with van der Waals surface area (Å²) in [5, 5.41) is 48.8. The van der Waals surface area contributed by atoms with E-state index >= 15 is 0 Å². The number of primary amides is 1. The zero-order valence-electron chi connectivity index (χ0n) is 30.3. The van der Waals surface area contributed by atoms with Crippen LogP contribution in [0, 0.1) is 17.8 Å². The lowest BCUT2D eigenvalue weighted by Crippen LogP contribution is -2.71. The molecule has 278 valence electrons. The van der Waals surface area contributed by atoms with Gasteiger partial charge in [-0.1, -0.05) is 45.2 Å². The van der Waals surface area contributed by atoms with Crippen LogP contribution in [0.25, 0.3) is 5.76 Å². The molecule has 12 nitrogen and oxygen atoms in total. The molecule has 0 spiro atoms. The molecule has 1 aromatic carbocycles. The van der Waals surface area contributed by atoms with E-state index < -0.39 is 87.4 Å². The van der Waals surface area contributed by atoms with Gasteiger partial charge in [0, 0.05) is 45.9 Å². The van der Waals surface area contributed by atoms with Crippen LogP contribution in [0.3, 0.4) is 0 Å². The number of nitrogens with zero attached hydrogens (tertiary/aromatic N) is 2. The predicted molar refractivity (Wildman–Crippen MR) is 192 cm³/mol. The molecule has 5 aliphatic carbocycles. The summed E-state index contributed by atoms with van der Waals surface area (Å²) in [7, 11) is 6.88. The van der Waals surface area contributed by atoms with Gasteiger partial charge in [0.2, 0.25) is 5.78 Å². The number of carbonyl (C=O) groups excluding carboxylic acids is 4. The predicted octanol–water partition coefficient (Wildman–Crippen LogP) is 3.34. The highest BCUT2D eigenvalue weighted by Crippen LogP contribution is 2.59. The Kier molecular flexibility index (Phi) is 9.92. The third-order valence-corrected chi connectivity index (χ3v) is 13.3. The summed E-state index contributed by atoms with van der Waals surface area (Å²) >= 11 is 1.72. The number of esters is 1. The highest BCUT2D eigenvalue weighted by Gasteiger charge is 2.70. The first-order valence-electron chi connectivity index (χ1n) is 17.9.